The first-order valence-electron chi connectivity index (χ1n) is 6.92. The average Bonchev–Trinajstić information content (AvgIpc) is 3.10. The first-order chi connectivity index (χ1) is 9.50. The molecule has 0 amide bonds. The molecule has 1 saturated carbocycles. The highest BCUT2D eigenvalue weighted by molar-refractivity contribution is 7.86. The molecule has 114 valence electrons. The fourth-order valence-electron chi connectivity index (χ4n) is 1.97. The smallest absolute Gasteiger partial charge is 0.281 e. The van der Waals surface area contributed by atoms with Gasteiger partial charge in [-0.25, -0.2) is 0 Å². The van der Waals surface area contributed by atoms with Gasteiger partial charge >= 0.3 is 0 Å². The lowest BCUT2D eigenvalue weighted by atomic mass is 10.3. The van der Waals surface area contributed by atoms with Gasteiger partial charge in [-0.3, -0.25) is 0 Å². The molecule has 2 rings (SSSR count). The Kier molecular flexibility index (Phi) is 5.57. The van der Waals surface area contributed by atoms with Crippen LogP contribution in [0, 0.1) is 0 Å². The van der Waals surface area contributed by atoms with Crippen LogP contribution >= 0.6 is 11.3 Å². The second-order valence-corrected chi connectivity index (χ2v) is 8.22. The maximum atomic E-state index is 12.3. The summed E-state index contributed by atoms with van der Waals surface area (Å²) in [6.07, 6.45) is 3.37. The van der Waals surface area contributed by atoms with Crippen LogP contribution in [0.3, 0.4) is 0 Å². The van der Waals surface area contributed by atoms with E-state index in [2.05, 4.69) is 5.32 Å². The molecule has 1 aliphatic carbocycles. The monoisotopic (exact) mass is 317 g/mol. The van der Waals surface area contributed by atoms with Crippen molar-refractivity contribution >= 4 is 21.5 Å². The van der Waals surface area contributed by atoms with E-state index in [9.17, 15) is 8.42 Å². The van der Waals surface area contributed by atoms with E-state index in [4.69, 9.17) is 0 Å². The summed E-state index contributed by atoms with van der Waals surface area (Å²) in [5.74, 6) is 0. The molecule has 0 bridgehead atoms. The summed E-state index contributed by atoms with van der Waals surface area (Å²) in [6, 6.07) is 2.63. The zero-order valence-corrected chi connectivity index (χ0v) is 13.7. The van der Waals surface area contributed by atoms with Gasteiger partial charge in [0.2, 0.25) is 0 Å². The van der Waals surface area contributed by atoms with Gasteiger partial charge in [0.15, 0.2) is 0 Å². The first-order valence-corrected chi connectivity index (χ1v) is 9.26. The maximum Gasteiger partial charge on any atom is 0.281 e. The van der Waals surface area contributed by atoms with Gasteiger partial charge in [-0.15, -0.1) is 0 Å². The van der Waals surface area contributed by atoms with Crippen molar-refractivity contribution in [2.45, 2.75) is 31.8 Å². The van der Waals surface area contributed by atoms with Crippen molar-refractivity contribution in [2.75, 3.05) is 27.2 Å². The highest BCUT2D eigenvalue weighted by atomic mass is 32.2. The van der Waals surface area contributed by atoms with Crippen LogP contribution in [-0.2, 0) is 16.8 Å². The van der Waals surface area contributed by atoms with Crippen LogP contribution in [0.1, 0.15) is 24.8 Å². The van der Waals surface area contributed by atoms with Gasteiger partial charge in [-0.1, -0.05) is 0 Å². The lowest BCUT2D eigenvalue weighted by molar-refractivity contribution is 0.384. The largest absolute Gasteiger partial charge is 0.314 e. The van der Waals surface area contributed by atoms with E-state index in [1.165, 1.54) is 21.5 Å². The second-order valence-electron chi connectivity index (χ2n) is 5.30. The molecule has 1 fully saturated rings. The van der Waals surface area contributed by atoms with E-state index in [1.54, 1.807) is 25.4 Å². The number of nitrogens with one attached hydrogen (secondary N) is 1. The number of thiophene rings is 1. The van der Waals surface area contributed by atoms with Crippen LogP contribution in [0.2, 0.25) is 0 Å². The highest BCUT2D eigenvalue weighted by Crippen LogP contribution is 2.18. The molecule has 0 unspecified atom stereocenters. The lowest BCUT2D eigenvalue weighted by Crippen LogP contribution is -2.40. The van der Waals surface area contributed by atoms with Crippen LogP contribution in [0.15, 0.2) is 16.8 Å². The summed E-state index contributed by atoms with van der Waals surface area (Å²) in [5, 5.41) is 7.33. The van der Waals surface area contributed by atoms with Crippen molar-refractivity contribution in [3.8, 4) is 0 Å². The zero-order valence-electron chi connectivity index (χ0n) is 12.1. The van der Waals surface area contributed by atoms with Gasteiger partial charge in [0, 0.05) is 33.2 Å². The third-order valence-corrected chi connectivity index (χ3v) is 6.05. The Hall–Kier alpha value is -0.470. The van der Waals surface area contributed by atoms with Crippen molar-refractivity contribution in [2.24, 2.45) is 0 Å². The summed E-state index contributed by atoms with van der Waals surface area (Å²) in [4.78, 5) is 0. The van der Waals surface area contributed by atoms with E-state index < -0.39 is 10.2 Å². The molecule has 1 aromatic heterocycles. The minimum absolute atomic E-state index is 0.427. The molecule has 0 radical (unpaired) electrons. The van der Waals surface area contributed by atoms with Gasteiger partial charge < -0.3 is 5.32 Å². The molecule has 20 heavy (non-hydrogen) atoms. The van der Waals surface area contributed by atoms with Crippen molar-refractivity contribution in [1.29, 1.82) is 0 Å². The predicted molar refractivity (Wildman–Crippen MR) is 83.0 cm³/mol. The van der Waals surface area contributed by atoms with Crippen LogP contribution in [0.4, 0.5) is 0 Å². The van der Waals surface area contributed by atoms with E-state index in [-0.39, 0.29) is 0 Å². The molecule has 1 aliphatic rings. The topological polar surface area (TPSA) is 52.7 Å². The van der Waals surface area contributed by atoms with Gasteiger partial charge in [-0.05, 0) is 48.2 Å². The van der Waals surface area contributed by atoms with Gasteiger partial charge in [-0.2, -0.15) is 28.4 Å². The van der Waals surface area contributed by atoms with Crippen LogP contribution in [-0.4, -0.2) is 50.3 Å². The lowest BCUT2D eigenvalue weighted by Gasteiger charge is -2.24. The summed E-state index contributed by atoms with van der Waals surface area (Å²) >= 11 is 1.58. The molecule has 0 saturated heterocycles. The summed E-state index contributed by atoms with van der Waals surface area (Å²) in [6.45, 7) is 1.87. The van der Waals surface area contributed by atoms with Crippen LogP contribution < -0.4 is 5.32 Å². The molecule has 7 heteroatoms. The summed E-state index contributed by atoms with van der Waals surface area (Å²) in [5.41, 5.74) is 1.03. The molecule has 1 N–H and O–H groups in total. The van der Waals surface area contributed by atoms with Crippen LogP contribution in [0.5, 0.6) is 0 Å². The Labute approximate surface area is 125 Å². The molecule has 0 spiro atoms. The zero-order chi connectivity index (χ0) is 14.6. The van der Waals surface area contributed by atoms with Crippen molar-refractivity contribution in [3.05, 3.63) is 22.4 Å². The second kappa shape index (κ2) is 7.00. The molecular weight excluding hydrogens is 294 g/mol. The molecule has 0 aliphatic heterocycles. The minimum atomic E-state index is -3.36. The third-order valence-electron chi connectivity index (χ3n) is 3.43. The van der Waals surface area contributed by atoms with E-state index in [0.29, 0.717) is 19.1 Å². The fraction of sp³-hybridized carbons (Fsp3) is 0.692. The molecular formula is C13H23N3O2S2. The predicted octanol–water partition coefficient (Wildman–Crippen LogP) is 1.50. The van der Waals surface area contributed by atoms with Gasteiger partial charge in [0.25, 0.3) is 10.2 Å². The number of hydrogen-bond donors (Lipinski definition) is 1. The minimum Gasteiger partial charge on any atom is -0.314 e. The molecule has 0 atom stereocenters. The molecule has 1 aromatic rings. The number of hydrogen-bond acceptors (Lipinski definition) is 4. The van der Waals surface area contributed by atoms with Gasteiger partial charge in [0.1, 0.15) is 0 Å². The van der Waals surface area contributed by atoms with Crippen LogP contribution in [0.25, 0.3) is 0 Å². The molecule has 5 nitrogen and oxygen atoms in total. The van der Waals surface area contributed by atoms with Crippen molar-refractivity contribution in [3.63, 3.8) is 0 Å². The Morgan fingerprint density at radius 2 is 2.10 bits per heavy atom. The Bertz CT molecular complexity index is 498. The summed E-state index contributed by atoms with van der Waals surface area (Å²) < 4.78 is 27.5. The standard InChI is InChI=1S/C13H23N3O2S2/c1-15(8-3-7-14-13-4-5-13)20(17,18)16(2)10-12-6-9-19-11-12/h6,9,11,13-14H,3-5,7-8,10H2,1-2H3. The van der Waals surface area contributed by atoms with E-state index >= 15 is 0 Å². The highest BCUT2D eigenvalue weighted by Gasteiger charge is 2.24. The Morgan fingerprint density at radius 3 is 2.70 bits per heavy atom. The Morgan fingerprint density at radius 1 is 1.35 bits per heavy atom. The fourth-order valence-corrected chi connectivity index (χ4v) is 3.78. The maximum absolute atomic E-state index is 12.3. The first kappa shape index (κ1) is 15.9. The van der Waals surface area contributed by atoms with Gasteiger partial charge in [0.05, 0.1) is 0 Å². The third kappa shape index (κ3) is 4.53. The molecule has 0 aromatic carbocycles. The van der Waals surface area contributed by atoms with E-state index in [1.807, 2.05) is 16.8 Å². The Balaban J connectivity index is 1.77. The SMILES string of the molecule is CN(CCCNC1CC1)S(=O)(=O)N(C)Cc1ccsc1. The normalized spacial score (nSPS) is 16.2. The van der Waals surface area contributed by atoms with Crippen molar-refractivity contribution in [1.82, 2.24) is 13.9 Å². The summed E-state index contributed by atoms with van der Waals surface area (Å²) in [7, 11) is -0.0764. The molecule has 1 heterocycles. The van der Waals surface area contributed by atoms with E-state index in [0.717, 1.165) is 18.5 Å². The number of nitrogens with zero attached hydrogens (tertiary/aromatic N) is 2. The van der Waals surface area contributed by atoms with Crippen molar-refractivity contribution < 1.29 is 8.42 Å². The number of rotatable bonds is 9. The quantitative estimate of drug-likeness (QED) is 0.702. The average molecular weight is 317 g/mol.